The number of fused-ring (bicyclic) bond motifs is 1. The highest BCUT2D eigenvalue weighted by Gasteiger charge is 2.13. The van der Waals surface area contributed by atoms with E-state index in [1.54, 1.807) is 10.6 Å². The third kappa shape index (κ3) is 4.67. The van der Waals surface area contributed by atoms with Gasteiger partial charge in [0.25, 0.3) is 5.95 Å². The number of pyridine rings is 1. The first-order valence-corrected chi connectivity index (χ1v) is 9.86. The van der Waals surface area contributed by atoms with Crippen LogP contribution in [0, 0.1) is 0 Å². The largest absolute Gasteiger partial charge is 0.465 e. The summed E-state index contributed by atoms with van der Waals surface area (Å²) in [5.41, 5.74) is 3.78. The molecule has 7 heteroatoms. The topological polar surface area (TPSA) is 82.8 Å². The Morgan fingerprint density at radius 2 is 1.71 bits per heavy atom. The van der Waals surface area contributed by atoms with Crippen molar-refractivity contribution in [2.75, 3.05) is 18.4 Å². The van der Waals surface area contributed by atoms with Crippen molar-refractivity contribution in [2.45, 2.75) is 38.6 Å². The van der Waals surface area contributed by atoms with E-state index in [-0.39, 0.29) is 5.95 Å². The van der Waals surface area contributed by atoms with Crippen molar-refractivity contribution < 1.29 is 9.90 Å². The van der Waals surface area contributed by atoms with Gasteiger partial charge >= 0.3 is 6.09 Å². The summed E-state index contributed by atoms with van der Waals surface area (Å²) in [7, 11) is 0. The van der Waals surface area contributed by atoms with Gasteiger partial charge in [-0.15, -0.1) is 5.10 Å². The summed E-state index contributed by atoms with van der Waals surface area (Å²) in [5, 5.41) is 15.3. The standard InChI is InChI=1S/C18H19N5O2.C3H6/c24-18(25)20-17-19-16-5-3-4-15(23(16)21-17)14-8-6-13(7-9-14)12-22-10-1-2-11-22;1-2-3-1/h3-9H,1-2,10-12H2,(H,20,21)(H,24,25);1-3H2. The number of likely N-dealkylation sites (tertiary alicyclic amines) is 1. The number of benzene rings is 1. The van der Waals surface area contributed by atoms with E-state index in [1.165, 1.54) is 50.8 Å². The average Bonchev–Trinajstić information content (AvgIpc) is 3.38. The van der Waals surface area contributed by atoms with Crippen molar-refractivity contribution in [1.82, 2.24) is 19.5 Å². The van der Waals surface area contributed by atoms with Crippen LogP contribution in [0.4, 0.5) is 10.7 Å². The second kappa shape index (κ2) is 8.39. The van der Waals surface area contributed by atoms with E-state index in [2.05, 4.69) is 44.6 Å². The Labute approximate surface area is 164 Å². The van der Waals surface area contributed by atoms with Crippen LogP contribution in [0.3, 0.4) is 0 Å². The van der Waals surface area contributed by atoms with E-state index in [0.29, 0.717) is 5.65 Å². The summed E-state index contributed by atoms with van der Waals surface area (Å²) >= 11 is 0. The summed E-state index contributed by atoms with van der Waals surface area (Å²) in [6, 6.07) is 14.1. The lowest BCUT2D eigenvalue weighted by Crippen LogP contribution is -2.18. The average molecular weight is 379 g/mol. The molecule has 1 aromatic carbocycles. The van der Waals surface area contributed by atoms with Gasteiger partial charge in [-0.3, -0.25) is 10.2 Å². The molecular formula is C21H25N5O2. The van der Waals surface area contributed by atoms with Gasteiger partial charge in [0.2, 0.25) is 0 Å². The van der Waals surface area contributed by atoms with Gasteiger partial charge in [0.1, 0.15) is 0 Å². The molecule has 0 radical (unpaired) electrons. The van der Waals surface area contributed by atoms with Crippen LogP contribution in [0.15, 0.2) is 42.5 Å². The van der Waals surface area contributed by atoms with Crippen molar-refractivity contribution in [1.29, 1.82) is 0 Å². The number of carboxylic acid groups (broad SMARTS) is 1. The Morgan fingerprint density at radius 1 is 1.00 bits per heavy atom. The fourth-order valence-electron chi connectivity index (χ4n) is 3.25. The summed E-state index contributed by atoms with van der Waals surface area (Å²) in [5.74, 6) is 0.0746. The van der Waals surface area contributed by atoms with Gasteiger partial charge in [-0.2, -0.15) is 4.98 Å². The zero-order chi connectivity index (χ0) is 19.3. The van der Waals surface area contributed by atoms with Gasteiger partial charge in [0, 0.05) is 12.1 Å². The fourth-order valence-corrected chi connectivity index (χ4v) is 3.25. The Balaban J connectivity index is 0.000000586. The molecule has 0 unspecified atom stereocenters. The van der Waals surface area contributed by atoms with E-state index in [1.807, 2.05) is 12.1 Å². The number of anilines is 1. The molecular weight excluding hydrogens is 354 g/mol. The molecule has 5 rings (SSSR count). The van der Waals surface area contributed by atoms with Gasteiger partial charge in [-0.25, -0.2) is 9.31 Å². The molecule has 146 valence electrons. The molecule has 0 bridgehead atoms. The number of rotatable bonds is 4. The zero-order valence-electron chi connectivity index (χ0n) is 15.8. The van der Waals surface area contributed by atoms with E-state index < -0.39 is 6.09 Å². The highest BCUT2D eigenvalue weighted by molar-refractivity contribution is 5.80. The summed E-state index contributed by atoms with van der Waals surface area (Å²) in [4.78, 5) is 17.4. The maximum atomic E-state index is 10.8. The van der Waals surface area contributed by atoms with Gasteiger partial charge in [-0.05, 0) is 43.6 Å². The van der Waals surface area contributed by atoms with Crippen molar-refractivity contribution in [3.05, 3.63) is 48.0 Å². The minimum Gasteiger partial charge on any atom is -0.465 e. The van der Waals surface area contributed by atoms with Crippen LogP contribution in [0.5, 0.6) is 0 Å². The highest BCUT2D eigenvalue weighted by Crippen LogP contribution is 2.22. The van der Waals surface area contributed by atoms with Crippen molar-refractivity contribution in [3.8, 4) is 11.3 Å². The SMILES string of the molecule is C1CC1.O=C(O)Nc1nc2cccc(-c3ccc(CN4CCCC4)cc3)n2n1. The molecule has 3 heterocycles. The van der Waals surface area contributed by atoms with Crippen molar-refractivity contribution >= 4 is 17.7 Å². The molecule has 7 nitrogen and oxygen atoms in total. The lowest BCUT2D eigenvalue weighted by molar-refractivity contribution is 0.209. The molecule has 3 aromatic rings. The predicted molar refractivity (Wildman–Crippen MR) is 108 cm³/mol. The first-order chi connectivity index (χ1) is 13.7. The molecule has 28 heavy (non-hydrogen) atoms. The van der Waals surface area contributed by atoms with E-state index in [0.717, 1.165) is 17.8 Å². The van der Waals surface area contributed by atoms with Crippen LogP contribution in [0.1, 0.15) is 37.7 Å². The van der Waals surface area contributed by atoms with Crippen LogP contribution in [0.2, 0.25) is 0 Å². The minimum atomic E-state index is -1.18. The van der Waals surface area contributed by atoms with Crippen LogP contribution in [0.25, 0.3) is 16.9 Å². The monoisotopic (exact) mass is 379 g/mol. The third-order valence-electron chi connectivity index (χ3n) is 4.79. The first-order valence-electron chi connectivity index (χ1n) is 9.86. The number of aromatic nitrogens is 3. The van der Waals surface area contributed by atoms with Crippen molar-refractivity contribution in [3.63, 3.8) is 0 Å². The zero-order valence-corrected chi connectivity index (χ0v) is 15.8. The number of carbonyl (C=O) groups is 1. The van der Waals surface area contributed by atoms with Crippen LogP contribution < -0.4 is 5.32 Å². The van der Waals surface area contributed by atoms with Gasteiger partial charge in [0.05, 0.1) is 5.69 Å². The van der Waals surface area contributed by atoms with E-state index in [9.17, 15) is 4.79 Å². The fraction of sp³-hybridized carbons (Fsp3) is 0.381. The number of hydrogen-bond donors (Lipinski definition) is 2. The molecule has 1 aliphatic heterocycles. The third-order valence-corrected chi connectivity index (χ3v) is 4.79. The molecule has 2 fully saturated rings. The number of nitrogens with one attached hydrogen (secondary N) is 1. The Kier molecular flexibility index (Phi) is 5.53. The smallest absolute Gasteiger partial charge is 0.411 e. The van der Waals surface area contributed by atoms with Crippen LogP contribution >= 0.6 is 0 Å². The first kappa shape index (κ1) is 18.4. The van der Waals surface area contributed by atoms with Crippen LogP contribution in [-0.4, -0.2) is 43.8 Å². The lowest BCUT2D eigenvalue weighted by Gasteiger charge is -2.14. The maximum absolute atomic E-state index is 10.8. The Bertz CT molecular complexity index is 940. The van der Waals surface area contributed by atoms with E-state index in [4.69, 9.17) is 5.11 Å². The molecule has 1 aliphatic carbocycles. The van der Waals surface area contributed by atoms with Gasteiger partial charge in [-0.1, -0.05) is 49.6 Å². The highest BCUT2D eigenvalue weighted by atomic mass is 16.4. The van der Waals surface area contributed by atoms with Gasteiger partial charge in [0.15, 0.2) is 5.65 Å². The molecule has 1 saturated carbocycles. The molecule has 2 aromatic heterocycles. The normalized spacial score (nSPS) is 15.9. The van der Waals surface area contributed by atoms with Crippen LogP contribution in [-0.2, 0) is 6.54 Å². The van der Waals surface area contributed by atoms with E-state index >= 15 is 0 Å². The predicted octanol–water partition coefficient (Wildman–Crippen LogP) is 4.25. The lowest BCUT2D eigenvalue weighted by atomic mass is 10.1. The Hall–Kier alpha value is -2.93. The Morgan fingerprint density at radius 3 is 2.36 bits per heavy atom. The molecule has 0 spiro atoms. The van der Waals surface area contributed by atoms with Crippen molar-refractivity contribution in [2.24, 2.45) is 0 Å². The molecule has 2 aliphatic rings. The maximum Gasteiger partial charge on any atom is 0.411 e. The second-order valence-corrected chi connectivity index (χ2v) is 7.29. The second-order valence-electron chi connectivity index (χ2n) is 7.29. The number of amides is 1. The quantitative estimate of drug-likeness (QED) is 0.708. The molecule has 1 saturated heterocycles. The van der Waals surface area contributed by atoms with Gasteiger partial charge < -0.3 is 5.11 Å². The molecule has 2 N–H and O–H groups in total. The summed E-state index contributed by atoms with van der Waals surface area (Å²) in [6.07, 6.45) is 5.90. The summed E-state index contributed by atoms with van der Waals surface area (Å²) in [6.45, 7) is 3.35. The molecule has 1 amide bonds. The number of nitrogens with zero attached hydrogens (tertiary/aromatic N) is 4. The summed E-state index contributed by atoms with van der Waals surface area (Å²) < 4.78 is 1.65. The molecule has 0 atom stereocenters. The minimum absolute atomic E-state index is 0.0746. The number of hydrogen-bond acceptors (Lipinski definition) is 4.